The monoisotopic (exact) mass is 398 g/mol. The lowest BCUT2D eigenvalue weighted by Crippen LogP contribution is -2.46. The molecule has 148 valence electrons. The first-order chi connectivity index (χ1) is 13.0. The molecule has 0 aromatic heterocycles. The number of rotatable bonds is 6. The van der Waals surface area contributed by atoms with Gasteiger partial charge >= 0.3 is 0 Å². The van der Waals surface area contributed by atoms with Crippen molar-refractivity contribution in [2.75, 3.05) is 58.0 Å². The number of morpholine rings is 2. The van der Waals surface area contributed by atoms with Crippen molar-refractivity contribution in [2.24, 2.45) is 10.8 Å². The first-order valence-corrected chi connectivity index (χ1v) is 10.2. The topological polar surface area (TPSA) is 136 Å². The number of nitrogens with zero attached hydrogens (tertiary/aromatic N) is 4. The van der Waals surface area contributed by atoms with Gasteiger partial charge in [-0.25, -0.2) is 9.34 Å². The third-order valence-electron chi connectivity index (χ3n) is 4.42. The van der Waals surface area contributed by atoms with Gasteiger partial charge in [0.15, 0.2) is 0 Å². The zero-order valence-electron chi connectivity index (χ0n) is 14.8. The molecule has 2 heterocycles. The van der Waals surface area contributed by atoms with E-state index in [-0.39, 0.29) is 11.3 Å². The lowest BCUT2D eigenvalue weighted by atomic mass is 10.3. The fraction of sp³-hybridized carbons (Fsp3) is 0.533. The highest BCUT2D eigenvalue weighted by Crippen LogP contribution is 2.53. The van der Waals surface area contributed by atoms with Crippen LogP contribution in [0.2, 0.25) is 0 Å². The summed E-state index contributed by atoms with van der Waals surface area (Å²) in [5, 5.41) is 14.9. The minimum absolute atomic E-state index is 0.00958. The molecule has 0 bridgehead atoms. The Morgan fingerprint density at radius 1 is 1.07 bits per heavy atom. The highest BCUT2D eigenvalue weighted by Gasteiger charge is 2.42. The summed E-state index contributed by atoms with van der Waals surface area (Å²) in [7, 11) is -3.26. The highest BCUT2D eigenvalue weighted by molar-refractivity contribution is 7.76. The van der Waals surface area contributed by atoms with Gasteiger partial charge in [0.25, 0.3) is 13.1 Å². The van der Waals surface area contributed by atoms with Crippen LogP contribution in [0.25, 0.3) is 0 Å². The molecule has 0 radical (unpaired) electrons. The standard InChI is InChI=1S/C15H23N6O5P/c16-15(18-17-13-1-3-14(4-2-13)21(22)23)27(24,19-5-9-25-10-6-19)20-7-11-26-12-8-20/h1-4,17H,5-12H2,(H2,16,18). The fourth-order valence-corrected chi connectivity index (χ4v) is 5.49. The fourth-order valence-electron chi connectivity index (χ4n) is 2.96. The van der Waals surface area contributed by atoms with Crippen molar-refractivity contribution in [3.05, 3.63) is 34.4 Å². The van der Waals surface area contributed by atoms with Gasteiger partial charge < -0.3 is 15.2 Å². The van der Waals surface area contributed by atoms with E-state index in [2.05, 4.69) is 10.5 Å². The van der Waals surface area contributed by atoms with Crippen molar-refractivity contribution in [3.63, 3.8) is 0 Å². The number of amidine groups is 1. The molecule has 0 unspecified atom stereocenters. The number of hydrazone groups is 1. The maximum atomic E-state index is 13.9. The normalized spacial score (nSPS) is 20.4. The predicted octanol–water partition coefficient (Wildman–Crippen LogP) is 1.09. The molecule has 27 heavy (non-hydrogen) atoms. The van der Waals surface area contributed by atoms with Crippen LogP contribution in [-0.4, -0.2) is 72.4 Å². The molecule has 12 heteroatoms. The number of ether oxygens (including phenoxy) is 2. The van der Waals surface area contributed by atoms with Crippen LogP contribution in [0, 0.1) is 10.1 Å². The maximum Gasteiger partial charge on any atom is 0.281 e. The van der Waals surface area contributed by atoms with E-state index in [1.54, 1.807) is 0 Å². The smallest absolute Gasteiger partial charge is 0.281 e. The van der Waals surface area contributed by atoms with E-state index in [1.165, 1.54) is 24.3 Å². The minimum Gasteiger partial charge on any atom is -0.379 e. The van der Waals surface area contributed by atoms with E-state index in [4.69, 9.17) is 15.2 Å². The SMILES string of the molecule is N/C(=N/Nc1ccc([N+](=O)[O-])cc1)P(=O)(N1CCOCC1)N1CCOCC1. The van der Waals surface area contributed by atoms with Crippen LogP contribution in [-0.2, 0) is 14.0 Å². The Kier molecular flexibility index (Phi) is 6.40. The van der Waals surface area contributed by atoms with E-state index in [0.717, 1.165) is 0 Å². The van der Waals surface area contributed by atoms with E-state index >= 15 is 0 Å². The summed E-state index contributed by atoms with van der Waals surface area (Å²) in [4.78, 5) is 10.2. The molecule has 2 saturated heterocycles. The van der Waals surface area contributed by atoms with Crippen molar-refractivity contribution < 1.29 is 19.0 Å². The summed E-state index contributed by atoms with van der Waals surface area (Å²) in [6.45, 7) is 3.94. The Morgan fingerprint density at radius 3 is 2.00 bits per heavy atom. The van der Waals surface area contributed by atoms with Crippen LogP contribution in [0.4, 0.5) is 11.4 Å². The maximum absolute atomic E-state index is 13.9. The van der Waals surface area contributed by atoms with Crippen LogP contribution in [0.5, 0.6) is 0 Å². The second-order valence-electron chi connectivity index (χ2n) is 6.06. The van der Waals surface area contributed by atoms with E-state index in [9.17, 15) is 14.7 Å². The van der Waals surface area contributed by atoms with E-state index in [1.807, 2.05) is 9.34 Å². The number of benzene rings is 1. The zero-order valence-corrected chi connectivity index (χ0v) is 15.7. The quantitative estimate of drug-likeness (QED) is 0.237. The first-order valence-electron chi connectivity index (χ1n) is 8.62. The van der Waals surface area contributed by atoms with Gasteiger partial charge in [-0.2, -0.15) is 5.10 Å². The van der Waals surface area contributed by atoms with Gasteiger partial charge in [0.1, 0.15) is 0 Å². The van der Waals surface area contributed by atoms with Crippen LogP contribution in [0.1, 0.15) is 0 Å². The summed E-state index contributed by atoms with van der Waals surface area (Å²) in [6.07, 6.45) is 0. The Balaban J connectivity index is 1.80. The van der Waals surface area contributed by atoms with Gasteiger partial charge in [0.2, 0.25) is 5.58 Å². The molecule has 2 aliphatic heterocycles. The third kappa shape index (κ3) is 4.45. The molecule has 1 aromatic rings. The average molecular weight is 398 g/mol. The van der Waals surface area contributed by atoms with Gasteiger partial charge in [-0.1, -0.05) is 0 Å². The molecule has 3 N–H and O–H groups in total. The lowest BCUT2D eigenvalue weighted by Gasteiger charge is -2.41. The second-order valence-corrected chi connectivity index (χ2v) is 8.74. The number of nitro groups is 1. The molecule has 3 rings (SSSR count). The van der Waals surface area contributed by atoms with Crippen molar-refractivity contribution in [2.45, 2.75) is 0 Å². The largest absolute Gasteiger partial charge is 0.379 e. The summed E-state index contributed by atoms with van der Waals surface area (Å²) >= 11 is 0. The van der Waals surface area contributed by atoms with Crippen molar-refractivity contribution in [3.8, 4) is 0 Å². The Labute approximate surface area is 156 Å². The van der Waals surface area contributed by atoms with Crippen LogP contribution >= 0.6 is 7.44 Å². The Hall–Kier alpha value is -2.04. The summed E-state index contributed by atoms with van der Waals surface area (Å²) in [5.74, 6) is 0. The molecule has 2 fully saturated rings. The number of nitro benzene ring substituents is 1. The second kappa shape index (κ2) is 8.77. The first kappa shape index (κ1) is 19.7. The Morgan fingerprint density at radius 2 is 1.56 bits per heavy atom. The van der Waals surface area contributed by atoms with Crippen LogP contribution < -0.4 is 11.2 Å². The molecule has 0 amide bonds. The molecule has 0 aliphatic carbocycles. The van der Waals surface area contributed by atoms with Crippen LogP contribution in [0.15, 0.2) is 29.4 Å². The van der Waals surface area contributed by atoms with Crippen molar-refractivity contribution in [1.82, 2.24) is 9.34 Å². The van der Waals surface area contributed by atoms with E-state index in [0.29, 0.717) is 58.3 Å². The summed E-state index contributed by atoms with van der Waals surface area (Å²) in [5.41, 5.74) is 9.42. The summed E-state index contributed by atoms with van der Waals surface area (Å²) < 4.78 is 28.3. The van der Waals surface area contributed by atoms with Gasteiger partial charge in [0.05, 0.1) is 37.0 Å². The Bertz CT molecular complexity index is 709. The van der Waals surface area contributed by atoms with Gasteiger partial charge in [0, 0.05) is 38.3 Å². The molecule has 0 saturated carbocycles. The zero-order chi connectivity index (χ0) is 19.3. The van der Waals surface area contributed by atoms with Crippen molar-refractivity contribution >= 4 is 24.4 Å². The molecular weight excluding hydrogens is 375 g/mol. The molecule has 11 nitrogen and oxygen atoms in total. The number of nitrogens with one attached hydrogen (secondary N) is 1. The number of hydrogen-bond acceptors (Lipinski definition) is 7. The van der Waals surface area contributed by atoms with Crippen LogP contribution in [0.3, 0.4) is 0 Å². The van der Waals surface area contributed by atoms with Gasteiger partial charge in [-0.3, -0.25) is 20.1 Å². The molecule has 1 aromatic carbocycles. The lowest BCUT2D eigenvalue weighted by molar-refractivity contribution is -0.384. The number of nitrogens with two attached hydrogens (primary N) is 1. The average Bonchev–Trinajstić information content (AvgIpc) is 2.73. The molecule has 0 spiro atoms. The molecule has 0 atom stereocenters. The number of anilines is 1. The van der Waals surface area contributed by atoms with E-state index < -0.39 is 12.4 Å². The predicted molar refractivity (Wildman–Crippen MR) is 101 cm³/mol. The van der Waals surface area contributed by atoms with Crippen molar-refractivity contribution in [1.29, 1.82) is 0 Å². The minimum atomic E-state index is -3.26. The number of hydrogen-bond donors (Lipinski definition) is 2. The third-order valence-corrected chi connectivity index (χ3v) is 7.45. The molecule has 2 aliphatic rings. The van der Waals surface area contributed by atoms with Gasteiger partial charge in [-0.15, -0.1) is 0 Å². The van der Waals surface area contributed by atoms with Gasteiger partial charge in [-0.05, 0) is 12.1 Å². The number of non-ortho nitro benzene ring substituents is 1. The summed E-state index contributed by atoms with van der Waals surface area (Å²) in [6, 6.07) is 5.75. The molecular formula is C15H23N6O5P. The highest BCUT2D eigenvalue weighted by atomic mass is 31.2.